The van der Waals surface area contributed by atoms with Gasteiger partial charge in [-0.15, -0.1) is 0 Å². The molecule has 7 nitrogen and oxygen atoms in total. The molecular formula is C33H36N4O3. The van der Waals surface area contributed by atoms with Gasteiger partial charge >= 0.3 is 0 Å². The third-order valence-corrected chi connectivity index (χ3v) is 6.84. The summed E-state index contributed by atoms with van der Waals surface area (Å²) in [4.78, 5) is 37.8. The highest BCUT2D eigenvalue weighted by molar-refractivity contribution is 6.05. The first-order chi connectivity index (χ1) is 19.0. The van der Waals surface area contributed by atoms with Gasteiger partial charge < -0.3 is 20.5 Å². The minimum absolute atomic E-state index is 0.0111. The molecule has 0 atom stereocenters. The second kappa shape index (κ2) is 11.6. The Kier molecular flexibility index (Phi) is 8.24. The van der Waals surface area contributed by atoms with Gasteiger partial charge in [0.1, 0.15) is 5.69 Å². The van der Waals surface area contributed by atoms with Crippen molar-refractivity contribution in [3.63, 3.8) is 0 Å². The number of nitrogens with zero attached hydrogens (tertiary/aromatic N) is 1. The van der Waals surface area contributed by atoms with Gasteiger partial charge in [-0.2, -0.15) is 0 Å². The van der Waals surface area contributed by atoms with Gasteiger partial charge in [-0.1, -0.05) is 58.0 Å². The van der Waals surface area contributed by atoms with Crippen molar-refractivity contribution in [2.24, 2.45) is 7.05 Å². The van der Waals surface area contributed by atoms with Crippen molar-refractivity contribution in [3.05, 3.63) is 106 Å². The van der Waals surface area contributed by atoms with Crippen LogP contribution in [-0.4, -0.2) is 16.4 Å². The SMILES string of the molecule is CCC(=O)Nc1cccc(Nc2cc(-c3cccc(NC(=O)c4ccc(C(C)(C)C)cc4)c3C)cn(C)c2=O)c1. The van der Waals surface area contributed by atoms with E-state index in [0.717, 1.165) is 16.7 Å². The van der Waals surface area contributed by atoms with E-state index in [4.69, 9.17) is 0 Å². The van der Waals surface area contributed by atoms with Crippen molar-refractivity contribution >= 4 is 34.6 Å². The highest BCUT2D eigenvalue weighted by atomic mass is 16.2. The largest absolute Gasteiger partial charge is 0.351 e. The van der Waals surface area contributed by atoms with Crippen LogP contribution in [0.15, 0.2) is 83.8 Å². The number of aromatic nitrogens is 1. The number of pyridine rings is 1. The van der Waals surface area contributed by atoms with E-state index in [1.54, 1.807) is 38.4 Å². The Morgan fingerprint density at radius 1 is 0.850 bits per heavy atom. The van der Waals surface area contributed by atoms with Crippen LogP contribution in [0.2, 0.25) is 0 Å². The summed E-state index contributed by atoms with van der Waals surface area (Å²) in [5.74, 6) is -0.266. The summed E-state index contributed by atoms with van der Waals surface area (Å²) in [5.41, 5.74) is 6.60. The maximum absolute atomic E-state index is 13.1. The summed E-state index contributed by atoms with van der Waals surface area (Å²) in [5, 5.41) is 9.08. The quantitative estimate of drug-likeness (QED) is 0.237. The Morgan fingerprint density at radius 3 is 2.20 bits per heavy atom. The third-order valence-electron chi connectivity index (χ3n) is 6.84. The molecule has 7 heteroatoms. The molecular weight excluding hydrogens is 500 g/mol. The Hall–Kier alpha value is -4.65. The average Bonchev–Trinajstić information content (AvgIpc) is 2.92. The van der Waals surface area contributed by atoms with E-state index in [1.165, 1.54) is 10.1 Å². The smallest absolute Gasteiger partial charge is 0.274 e. The van der Waals surface area contributed by atoms with Crippen LogP contribution in [0.5, 0.6) is 0 Å². The predicted octanol–water partition coefficient (Wildman–Crippen LogP) is 7.00. The summed E-state index contributed by atoms with van der Waals surface area (Å²) in [6, 6.07) is 22.5. The van der Waals surface area contributed by atoms with Crippen LogP contribution in [0.3, 0.4) is 0 Å². The predicted molar refractivity (Wildman–Crippen MR) is 164 cm³/mol. The van der Waals surface area contributed by atoms with Crippen molar-refractivity contribution in [3.8, 4) is 11.1 Å². The number of amides is 2. The Morgan fingerprint density at radius 2 is 1.52 bits per heavy atom. The first-order valence-electron chi connectivity index (χ1n) is 13.4. The summed E-state index contributed by atoms with van der Waals surface area (Å²) in [7, 11) is 1.71. The van der Waals surface area contributed by atoms with Crippen molar-refractivity contribution in [2.45, 2.75) is 46.5 Å². The molecule has 3 aromatic carbocycles. The van der Waals surface area contributed by atoms with E-state index >= 15 is 0 Å². The molecule has 0 bridgehead atoms. The summed E-state index contributed by atoms with van der Waals surface area (Å²) < 4.78 is 1.53. The van der Waals surface area contributed by atoms with E-state index in [0.29, 0.717) is 34.7 Å². The van der Waals surface area contributed by atoms with E-state index in [2.05, 4.69) is 36.7 Å². The minimum Gasteiger partial charge on any atom is -0.351 e. The highest BCUT2D eigenvalue weighted by Crippen LogP contribution is 2.30. The third kappa shape index (κ3) is 6.49. The van der Waals surface area contributed by atoms with Crippen molar-refractivity contribution in [1.29, 1.82) is 0 Å². The molecule has 0 unspecified atom stereocenters. The first-order valence-corrected chi connectivity index (χ1v) is 13.4. The van der Waals surface area contributed by atoms with Gasteiger partial charge in [0.25, 0.3) is 11.5 Å². The first kappa shape index (κ1) is 28.4. The molecule has 1 aromatic heterocycles. The summed E-state index contributed by atoms with van der Waals surface area (Å²) >= 11 is 0. The molecule has 0 radical (unpaired) electrons. The molecule has 2 amide bonds. The molecule has 0 aliphatic rings. The number of rotatable bonds is 7. The van der Waals surface area contributed by atoms with Gasteiger partial charge in [0, 0.05) is 47.9 Å². The fourth-order valence-corrected chi connectivity index (χ4v) is 4.43. The summed E-state index contributed by atoms with van der Waals surface area (Å²) in [6.45, 7) is 10.2. The number of nitrogens with one attached hydrogen (secondary N) is 3. The lowest BCUT2D eigenvalue weighted by Gasteiger charge is -2.19. The zero-order valence-corrected chi connectivity index (χ0v) is 23.9. The van der Waals surface area contributed by atoms with Crippen molar-refractivity contribution in [1.82, 2.24) is 4.57 Å². The molecule has 0 saturated carbocycles. The lowest BCUT2D eigenvalue weighted by molar-refractivity contribution is -0.115. The van der Waals surface area contributed by atoms with Gasteiger partial charge in [-0.25, -0.2) is 0 Å². The molecule has 4 aromatic rings. The molecule has 0 aliphatic heterocycles. The standard InChI is InChI=1S/C33H36N4O3/c1-7-30(38)35-26-11-8-10-25(19-26)34-29-18-23(20-37(6)32(29)40)27-12-9-13-28(21(27)2)36-31(39)22-14-16-24(17-15-22)33(3,4)5/h8-20,34H,7H2,1-6H3,(H,35,38)(H,36,39). The maximum atomic E-state index is 13.1. The normalized spacial score (nSPS) is 11.2. The topological polar surface area (TPSA) is 92.2 Å². The van der Waals surface area contributed by atoms with E-state index in [1.807, 2.05) is 61.5 Å². The lowest BCUT2D eigenvalue weighted by Crippen LogP contribution is -2.19. The van der Waals surface area contributed by atoms with E-state index in [9.17, 15) is 14.4 Å². The maximum Gasteiger partial charge on any atom is 0.274 e. The second-order valence-corrected chi connectivity index (χ2v) is 10.9. The van der Waals surface area contributed by atoms with Gasteiger partial charge in [0.15, 0.2) is 0 Å². The van der Waals surface area contributed by atoms with E-state index < -0.39 is 0 Å². The minimum atomic E-state index is -0.187. The van der Waals surface area contributed by atoms with Crippen LogP contribution in [0.25, 0.3) is 11.1 Å². The molecule has 206 valence electrons. The fraction of sp³-hybridized carbons (Fsp3) is 0.242. The number of benzene rings is 3. The molecule has 4 rings (SSSR count). The molecule has 3 N–H and O–H groups in total. The highest BCUT2D eigenvalue weighted by Gasteiger charge is 2.16. The number of hydrogen-bond acceptors (Lipinski definition) is 4. The summed E-state index contributed by atoms with van der Waals surface area (Å²) in [6.07, 6.45) is 2.16. The number of aryl methyl sites for hydroxylation is 1. The molecule has 0 spiro atoms. The molecule has 1 heterocycles. The van der Waals surface area contributed by atoms with Crippen LogP contribution < -0.4 is 21.5 Å². The molecule has 0 saturated heterocycles. The zero-order chi connectivity index (χ0) is 29.0. The van der Waals surface area contributed by atoms with E-state index in [-0.39, 0.29) is 22.8 Å². The van der Waals surface area contributed by atoms with Gasteiger partial charge in [0.05, 0.1) is 0 Å². The van der Waals surface area contributed by atoms with Crippen LogP contribution in [0.1, 0.15) is 55.6 Å². The molecule has 40 heavy (non-hydrogen) atoms. The number of hydrogen-bond donors (Lipinski definition) is 3. The van der Waals surface area contributed by atoms with Crippen LogP contribution in [0.4, 0.5) is 22.7 Å². The average molecular weight is 537 g/mol. The van der Waals surface area contributed by atoms with Crippen molar-refractivity contribution < 1.29 is 9.59 Å². The van der Waals surface area contributed by atoms with Gasteiger partial charge in [0.2, 0.25) is 5.91 Å². The Labute approximate surface area is 235 Å². The molecule has 0 fully saturated rings. The van der Waals surface area contributed by atoms with Crippen molar-refractivity contribution in [2.75, 3.05) is 16.0 Å². The lowest BCUT2D eigenvalue weighted by atomic mass is 9.86. The zero-order valence-electron chi connectivity index (χ0n) is 23.9. The van der Waals surface area contributed by atoms with Gasteiger partial charge in [-0.05, 0) is 71.5 Å². The number of carbonyl (C=O) groups is 2. The second-order valence-electron chi connectivity index (χ2n) is 10.9. The Balaban J connectivity index is 1.61. The number of carbonyl (C=O) groups excluding carboxylic acids is 2. The monoisotopic (exact) mass is 536 g/mol. The Bertz CT molecular complexity index is 1610. The fourth-order valence-electron chi connectivity index (χ4n) is 4.43. The van der Waals surface area contributed by atoms with Crippen LogP contribution in [0, 0.1) is 6.92 Å². The molecule has 0 aliphatic carbocycles. The van der Waals surface area contributed by atoms with Gasteiger partial charge in [-0.3, -0.25) is 14.4 Å². The van der Waals surface area contributed by atoms with Crippen LogP contribution >= 0.6 is 0 Å². The number of anilines is 4. The van der Waals surface area contributed by atoms with Crippen LogP contribution in [-0.2, 0) is 17.3 Å².